The van der Waals surface area contributed by atoms with Crippen LogP contribution in [0.4, 0.5) is 0 Å². The van der Waals surface area contributed by atoms with Crippen molar-refractivity contribution in [2.75, 3.05) is 13.2 Å². The quantitative estimate of drug-likeness (QED) is 0.393. The van der Waals surface area contributed by atoms with Crippen molar-refractivity contribution in [2.24, 2.45) is 5.41 Å². The van der Waals surface area contributed by atoms with Crippen LogP contribution in [0.15, 0.2) is 48.5 Å². The molecule has 1 fully saturated rings. The van der Waals surface area contributed by atoms with Gasteiger partial charge in [0, 0.05) is 19.5 Å². The van der Waals surface area contributed by atoms with Crippen LogP contribution in [0.2, 0.25) is 0 Å². The third-order valence-corrected chi connectivity index (χ3v) is 6.77. The first-order valence-electron chi connectivity index (χ1n) is 12.6. The van der Waals surface area contributed by atoms with Gasteiger partial charge in [0.2, 0.25) is 5.91 Å². The van der Waals surface area contributed by atoms with Crippen LogP contribution in [0, 0.1) is 16.7 Å². The molecule has 2 aromatic carbocycles. The predicted octanol–water partition coefficient (Wildman–Crippen LogP) is 6.26. The number of ether oxygens (including phenoxy) is 1. The number of esters is 1. The zero-order valence-corrected chi connectivity index (χ0v) is 20.5. The number of nitrogens with zero attached hydrogens (tertiary/aromatic N) is 2. The molecule has 0 unspecified atom stereocenters. The van der Waals surface area contributed by atoms with Crippen LogP contribution in [-0.2, 0) is 20.9 Å². The molecule has 0 aromatic heterocycles. The first kappa shape index (κ1) is 25.5. The summed E-state index contributed by atoms with van der Waals surface area (Å²) in [7, 11) is 0. The van der Waals surface area contributed by atoms with Crippen molar-refractivity contribution in [2.45, 2.75) is 71.8 Å². The topological polar surface area (TPSA) is 70.4 Å². The normalized spacial score (nSPS) is 14.7. The molecule has 5 nitrogen and oxygen atoms in total. The largest absolute Gasteiger partial charge is 0.466 e. The Morgan fingerprint density at radius 3 is 2.44 bits per heavy atom. The lowest BCUT2D eigenvalue weighted by Gasteiger charge is -2.39. The van der Waals surface area contributed by atoms with Crippen LogP contribution < -0.4 is 0 Å². The van der Waals surface area contributed by atoms with Crippen molar-refractivity contribution in [3.8, 4) is 17.2 Å². The van der Waals surface area contributed by atoms with Gasteiger partial charge in [-0.05, 0) is 48.9 Å². The van der Waals surface area contributed by atoms with Gasteiger partial charge in [0.05, 0.1) is 23.7 Å². The molecule has 1 aliphatic carbocycles. The molecular formula is C29H36N2O3. The second-order valence-electron chi connectivity index (χ2n) is 9.27. The number of hydrogen-bond donors (Lipinski definition) is 0. The SMILES string of the molecule is CCCCC(=O)N(Cc1ccc(-c2ccccc2)c(C#N)c1)CC1(C(=O)OCC)CCCCC1. The maximum atomic E-state index is 13.3. The Kier molecular flexibility index (Phi) is 9.27. The van der Waals surface area contributed by atoms with Crippen molar-refractivity contribution in [3.63, 3.8) is 0 Å². The zero-order chi connectivity index (χ0) is 24.4. The molecule has 0 heterocycles. The summed E-state index contributed by atoms with van der Waals surface area (Å²) in [5, 5.41) is 9.81. The molecule has 2 aromatic rings. The number of benzene rings is 2. The summed E-state index contributed by atoms with van der Waals surface area (Å²) in [6.45, 7) is 5.00. The van der Waals surface area contributed by atoms with Gasteiger partial charge in [-0.1, -0.05) is 75.1 Å². The smallest absolute Gasteiger partial charge is 0.313 e. The lowest BCUT2D eigenvalue weighted by molar-refractivity contribution is -0.160. The van der Waals surface area contributed by atoms with Gasteiger partial charge >= 0.3 is 5.97 Å². The standard InChI is InChI=1S/C29H36N2O3/c1-3-5-14-27(32)31(22-29(28(33)34-4-2)17-10-7-11-18-29)21-23-15-16-26(25(19-23)20-30)24-12-8-6-9-13-24/h6,8-9,12-13,15-16,19H,3-5,7,10-11,14,17-18,21-22H2,1-2H3. The number of hydrogen-bond acceptors (Lipinski definition) is 4. The van der Waals surface area contributed by atoms with E-state index in [-0.39, 0.29) is 11.9 Å². The third-order valence-electron chi connectivity index (χ3n) is 6.77. The molecule has 0 bridgehead atoms. The van der Waals surface area contributed by atoms with Crippen LogP contribution in [0.3, 0.4) is 0 Å². The summed E-state index contributed by atoms with van der Waals surface area (Å²) in [5.41, 5.74) is 2.72. The van der Waals surface area contributed by atoms with E-state index in [4.69, 9.17) is 4.74 Å². The third kappa shape index (κ3) is 6.26. The summed E-state index contributed by atoms with van der Waals surface area (Å²) in [4.78, 5) is 28.1. The summed E-state index contributed by atoms with van der Waals surface area (Å²) in [6, 6.07) is 18.0. The van der Waals surface area contributed by atoms with Crippen molar-refractivity contribution in [3.05, 3.63) is 59.7 Å². The number of unbranched alkanes of at least 4 members (excludes halogenated alkanes) is 1. The molecule has 0 aliphatic heterocycles. The van der Waals surface area contributed by atoms with E-state index in [1.54, 1.807) is 0 Å². The molecule has 0 radical (unpaired) electrons. The Balaban J connectivity index is 1.89. The van der Waals surface area contributed by atoms with E-state index in [9.17, 15) is 14.9 Å². The van der Waals surface area contributed by atoms with Crippen LogP contribution in [-0.4, -0.2) is 29.9 Å². The first-order valence-corrected chi connectivity index (χ1v) is 12.6. The average Bonchev–Trinajstić information content (AvgIpc) is 2.88. The van der Waals surface area contributed by atoms with E-state index in [0.717, 1.165) is 61.6 Å². The molecule has 1 saturated carbocycles. The predicted molar refractivity (Wildman–Crippen MR) is 134 cm³/mol. The van der Waals surface area contributed by atoms with E-state index in [0.29, 0.717) is 31.7 Å². The van der Waals surface area contributed by atoms with Gasteiger partial charge in [0.25, 0.3) is 0 Å². The fourth-order valence-corrected chi connectivity index (χ4v) is 4.90. The van der Waals surface area contributed by atoms with Gasteiger partial charge in [-0.2, -0.15) is 5.26 Å². The summed E-state index contributed by atoms with van der Waals surface area (Å²) >= 11 is 0. The Morgan fingerprint density at radius 2 is 1.79 bits per heavy atom. The second-order valence-corrected chi connectivity index (χ2v) is 9.27. The van der Waals surface area contributed by atoms with Crippen molar-refractivity contribution < 1.29 is 14.3 Å². The number of carbonyl (C=O) groups excluding carboxylic acids is 2. The van der Waals surface area contributed by atoms with Gasteiger partial charge in [-0.25, -0.2) is 0 Å². The van der Waals surface area contributed by atoms with Crippen LogP contribution >= 0.6 is 0 Å². The van der Waals surface area contributed by atoms with Crippen LogP contribution in [0.5, 0.6) is 0 Å². The van der Waals surface area contributed by atoms with Gasteiger partial charge in [-0.15, -0.1) is 0 Å². The Bertz CT molecular complexity index is 1000. The fourth-order valence-electron chi connectivity index (χ4n) is 4.90. The highest BCUT2D eigenvalue weighted by atomic mass is 16.5. The minimum Gasteiger partial charge on any atom is -0.466 e. The molecule has 0 saturated heterocycles. The summed E-state index contributed by atoms with van der Waals surface area (Å²) in [6.07, 6.45) is 6.77. The summed E-state index contributed by atoms with van der Waals surface area (Å²) < 4.78 is 5.48. The summed E-state index contributed by atoms with van der Waals surface area (Å²) in [5.74, 6) is -0.123. The Morgan fingerprint density at radius 1 is 1.06 bits per heavy atom. The van der Waals surface area contributed by atoms with E-state index in [1.165, 1.54) is 0 Å². The molecule has 0 atom stereocenters. The monoisotopic (exact) mass is 460 g/mol. The highest BCUT2D eigenvalue weighted by Gasteiger charge is 2.43. The maximum absolute atomic E-state index is 13.3. The molecule has 0 N–H and O–H groups in total. The van der Waals surface area contributed by atoms with E-state index in [2.05, 4.69) is 13.0 Å². The molecule has 180 valence electrons. The number of carbonyl (C=O) groups is 2. The molecule has 3 rings (SSSR count). The number of nitriles is 1. The lowest BCUT2D eigenvalue weighted by Crippen LogP contribution is -2.47. The van der Waals surface area contributed by atoms with Gasteiger partial charge < -0.3 is 9.64 Å². The van der Waals surface area contributed by atoms with Crippen molar-refractivity contribution in [1.82, 2.24) is 4.90 Å². The van der Waals surface area contributed by atoms with E-state index < -0.39 is 5.41 Å². The van der Waals surface area contributed by atoms with E-state index >= 15 is 0 Å². The molecule has 34 heavy (non-hydrogen) atoms. The van der Waals surface area contributed by atoms with E-state index in [1.807, 2.05) is 60.4 Å². The Labute approximate surface area is 203 Å². The van der Waals surface area contributed by atoms with Crippen molar-refractivity contribution in [1.29, 1.82) is 5.26 Å². The number of amides is 1. The molecule has 1 aliphatic rings. The number of rotatable bonds is 10. The second kappa shape index (κ2) is 12.4. The lowest BCUT2D eigenvalue weighted by atomic mass is 9.73. The maximum Gasteiger partial charge on any atom is 0.313 e. The van der Waals surface area contributed by atoms with Crippen LogP contribution in [0.1, 0.15) is 76.3 Å². The fraction of sp³-hybridized carbons (Fsp3) is 0.483. The molecule has 0 spiro atoms. The minimum absolute atomic E-state index is 0.0572. The Hall–Kier alpha value is -3.13. The highest BCUT2D eigenvalue weighted by molar-refractivity contribution is 5.80. The zero-order valence-electron chi connectivity index (χ0n) is 20.5. The first-order chi connectivity index (χ1) is 16.5. The molecule has 1 amide bonds. The van der Waals surface area contributed by atoms with Crippen LogP contribution in [0.25, 0.3) is 11.1 Å². The minimum atomic E-state index is -0.641. The van der Waals surface area contributed by atoms with Gasteiger partial charge in [-0.3, -0.25) is 9.59 Å². The molecule has 5 heteroatoms. The van der Waals surface area contributed by atoms with Crippen molar-refractivity contribution >= 4 is 11.9 Å². The van der Waals surface area contributed by atoms with Gasteiger partial charge in [0.1, 0.15) is 0 Å². The molecular weight excluding hydrogens is 424 g/mol. The highest BCUT2D eigenvalue weighted by Crippen LogP contribution is 2.39. The van der Waals surface area contributed by atoms with Gasteiger partial charge in [0.15, 0.2) is 0 Å². The average molecular weight is 461 g/mol.